The number of benzene rings is 1. The van der Waals surface area contributed by atoms with E-state index in [1.165, 1.54) is 19.1 Å². The molecule has 32 heavy (non-hydrogen) atoms. The van der Waals surface area contributed by atoms with Gasteiger partial charge in [-0.2, -0.15) is 18.3 Å². The van der Waals surface area contributed by atoms with Crippen molar-refractivity contribution >= 4 is 40.0 Å². The van der Waals surface area contributed by atoms with E-state index in [0.29, 0.717) is 9.90 Å². The van der Waals surface area contributed by atoms with Gasteiger partial charge in [0.2, 0.25) is 11.3 Å². The van der Waals surface area contributed by atoms with Crippen LogP contribution in [0.5, 0.6) is 0 Å². The van der Waals surface area contributed by atoms with E-state index in [9.17, 15) is 27.6 Å². The molecule has 2 amide bonds. The predicted molar refractivity (Wildman–Crippen MR) is 114 cm³/mol. The van der Waals surface area contributed by atoms with Crippen LogP contribution in [0.4, 0.5) is 18.3 Å². The number of thiazole rings is 1. The molecule has 0 aliphatic rings. The van der Waals surface area contributed by atoms with Gasteiger partial charge in [0.05, 0.1) is 26.9 Å². The van der Waals surface area contributed by atoms with Gasteiger partial charge in [0.1, 0.15) is 0 Å². The standard InChI is InChI=1S/C19H16F3N5O3S2/c1-9-6-13(28)15(26-27(9)12-5-3-4-11(7-12)19(20,21)22)16(30)25-18-24-10(2)17(32-18)31-8-14(23)29/h3-7H,8H2,1-2H3,(H2,23,29)(H,24,25,30). The number of rotatable bonds is 6. The van der Waals surface area contributed by atoms with E-state index >= 15 is 0 Å². The van der Waals surface area contributed by atoms with Crippen molar-refractivity contribution in [2.75, 3.05) is 11.1 Å². The van der Waals surface area contributed by atoms with Crippen LogP contribution in [-0.4, -0.2) is 32.3 Å². The molecule has 0 saturated heterocycles. The van der Waals surface area contributed by atoms with Crippen molar-refractivity contribution in [1.82, 2.24) is 14.8 Å². The number of nitrogens with one attached hydrogen (secondary N) is 1. The molecule has 3 N–H and O–H groups in total. The number of aryl methyl sites for hydroxylation is 2. The van der Waals surface area contributed by atoms with Gasteiger partial charge in [-0.05, 0) is 32.0 Å². The van der Waals surface area contributed by atoms with Gasteiger partial charge in [-0.15, -0.1) is 11.8 Å². The van der Waals surface area contributed by atoms with Gasteiger partial charge in [0, 0.05) is 11.8 Å². The minimum Gasteiger partial charge on any atom is -0.369 e. The molecule has 3 rings (SSSR count). The molecular formula is C19H16F3N5O3S2. The quantitative estimate of drug-likeness (QED) is 0.520. The fourth-order valence-corrected chi connectivity index (χ4v) is 4.52. The van der Waals surface area contributed by atoms with Crippen molar-refractivity contribution < 1.29 is 22.8 Å². The normalized spacial score (nSPS) is 11.4. The van der Waals surface area contributed by atoms with Gasteiger partial charge in [-0.3, -0.25) is 19.7 Å². The van der Waals surface area contributed by atoms with Gasteiger partial charge in [-0.25, -0.2) is 9.67 Å². The second kappa shape index (κ2) is 9.12. The highest BCUT2D eigenvalue weighted by Crippen LogP contribution is 2.32. The zero-order valence-corrected chi connectivity index (χ0v) is 18.3. The lowest BCUT2D eigenvalue weighted by atomic mass is 10.2. The zero-order valence-electron chi connectivity index (χ0n) is 16.7. The first-order chi connectivity index (χ1) is 15.0. The number of primary amides is 1. The number of thioether (sulfide) groups is 1. The Morgan fingerprint density at radius 3 is 2.62 bits per heavy atom. The average Bonchev–Trinajstić information content (AvgIpc) is 3.04. The number of hydrogen-bond acceptors (Lipinski definition) is 7. The average molecular weight is 483 g/mol. The number of anilines is 1. The molecule has 13 heteroatoms. The number of alkyl halides is 3. The van der Waals surface area contributed by atoms with E-state index in [0.717, 1.165) is 46.0 Å². The minimum atomic E-state index is -4.56. The fraction of sp³-hybridized carbons (Fsp3) is 0.211. The smallest absolute Gasteiger partial charge is 0.369 e. The topological polar surface area (TPSA) is 120 Å². The summed E-state index contributed by atoms with van der Waals surface area (Å²) >= 11 is 2.25. The van der Waals surface area contributed by atoms with E-state index in [2.05, 4.69) is 15.4 Å². The number of amides is 2. The first-order valence-corrected chi connectivity index (χ1v) is 10.7. The molecule has 0 aliphatic carbocycles. The highest BCUT2D eigenvalue weighted by molar-refractivity contribution is 8.01. The summed E-state index contributed by atoms with van der Waals surface area (Å²) in [6.07, 6.45) is -4.56. The molecule has 0 unspecified atom stereocenters. The first kappa shape index (κ1) is 23.5. The lowest BCUT2D eigenvalue weighted by Gasteiger charge is -2.13. The van der Waals surface area contributed by atoms with Crippen LogP contribution in [0.15, 0.2) is 39.3 Å². The Hall–Kier alpha value is -3.19. The molecule has 0 aliphatic heterocycles. The highest BCUT2D eigenvalue weighted by atomic mass is 32.2. The molecule has 0 radical (unpaired) electrons. The highest BCUT2D eigenvalue weighted by Gasteiger charge is 2.30. The molecule has 2 heterocycles. The molecular weight excluding hydrogens is 467 g/mol. The van der Waals surface area contributed by atoms with Crippen molar-refractivity contribution in [2.45, 2.75) is 24.2 Å². The molecule has 0 bridgehead atoms. The van der Waals surface area contributed by atoms with Gasteiger partial charge < -0.3 is 5.73 Å². The summed E-state index contributed by atoms with van der Waals surface area (Å²) in [6, 6.07) is 5.49. The Kier molecular flexibility index (Phi) is 6.69. The number of hydrogen-bond donors (Lipinski definition) is 2. The van der Waals surface area contributed by atoms with Crippen LogP contribution in [0.3, 0.4) is 0 Å². The third kappa shape index (κ3) is 5.34. The lowest BCUT2D eigenvalue weighted by Crippen LogP contribution is -2.27. The molecule has 0 fully saturated rings. The molecule has 2 aromatic heterocycles. The largest absolute Gasteiger partial charge is 0.416 e. The van der Waals surface area contributed by atoms with E-state index in [4.69, 9.17) is 5.73 Å². The van der Waals surface area contributed by atoms with E-state index < -0.39 is 34.7 Å². The Labute approximate surface area is 187 Å². The second-order valence-corrected chi connectivity index (χ2v) is 8.80. The first-order valence-electron chi connectivity index (χ1n) is 8.94. The van der Waals surface area contributed by atoms with Gasteiger partial charge >= 0.3 is 6.18 Å². The van der Waals surface area contributed by atoms with Crippen LogP contribution < -0.4 is 16.5 Å². The van der Waals surface area contributed by atoms with Crippen LogP contribution in [0.25, 0.3) is 5.69 Å². The molecule has 168 valence electrons. The summed E-state index contributed by atoms with van der Waals surface area (Å²) < 4.78 is 40.9. The summed E-state index contributed by atoms with van der Waals surface area (Å²) in [5.74, 6) is -1.33. The molecule has 1 aromatic carbocycles. The van der Waals surface area contributed by atoms with Gasteiger partial charge in [0.25, 0.3) is 5.91 Å². The number of carbonyl (C=O) groups excluding carboxylic acids is 2. The summed E-state index contributed by atoms with van der Waals surface area (Å²) in [6.45, 7) is 3.17. The van der Waals surface area contributed by atoms with Crippen LogP contribution in [0.1, 0.15) is 27.4 Å². The van der Waals surface area contributed by atoms with Gasteiger partial charge in [0.15, 0.2) is 10.8 Å². The van der Waals surface area contributed by atoms with E-state index in [-0.39, 0.29) is 22.3 Å². The number of aromatic nitrogens is 3. The van der Waals surface area contributed by atoms with Crippen molar-refractivity contribution in [3.8, 4) is 5.69 Å². The zero-order chi connectivity index (χ0) is 23.6. The minimum absolute atomic E-state index is 0.0393. The Bertz CT molecular complexity index is 1250. The van der Waals surface area contributed by atoms with Crippen LogP contribution in [0.2, 0.25) is 0 Å². The Balaban J connectivity index is 1.91. The van der Waals surface area contributed by atoms with E-state index in [1.54, 1.807) is 6.92 Å². The predicted octanol–water partition coefficient (Wildman–Crippen LogP) is 3.15. The van der Waals surface area contributed by atoms with Crippen molar-refractivity contribution in [1.29, 1.82) is 0 Å². The van der Waals surface area contributed by atoms with Crippen LogP contribution in [-0.2, 0) is 11.0 Å². The fourth-order valence-electron chi connectivity index (χ4n) is 2.64. The lowest BCUT2D eigenvalue weighted by molar-refractivity contribution is -0.137. The maximum atomic E-state index is 13.1. The van der Waals surface area contributed by atoms with Gasteiger partial charge in [-0.1, -0.05) is 17.4 Å². The van der Waals surface area contributed by atoms with Crippen molar-refractivity contribution in [3.05, 3.63) is 63.2 Å². The van der Waals surface area contributed by atoms with Crippen LogP contribution >= 0.6 is 23.1 Å². The number of nitrogens with zero attached hydrogens (tertiary/aromatic N) is 3. The maximum Gasteiger partial charge on any atom is 0.416 e. The monoisotopic (exact) mass is 483 g/mol. The number of nitrogens with two attached hydrogens (primary N) is 1. The number of carbonyl (C=O) groups is 2. The number of halogens is 3. The SMILES string of the molecule is Cc1nc(NC(=O)c2nn(-c3cccc(C(F)(F)F)c3)c(C)cc2=O)sc1SCC(N)=O. The van der Waals surface area contributed by atoms with E-state index in [1.807, 2.05) is 0 Å². The summed E-state index contributed by atoms with van der Waals surface area (Å²) in [7, 11) is 0. The summed E-state index contributed by atoms with van der Waals surface area (Å²) in [5, 5.41) is 6.62. The maximum absolute atomic E-state index is 13.1. The van der Waals surface area contributed by atoms with Crippen LogP contribution in [0, 0.1) is 13.8 Å². The molecule has 3 aromatic rings. The molecule has 8 nitrogen and oxygen atoms in total. The molecule has 0 saturated carbocycles. The third-order valence-electron chi connectivity index (χ3n) is 4.06. The molecule has 0 atom stereocenters. The summed E-state index contributed by atoms with van der Waals surface area (Å²) in [4.78, 5) is 40.1. The Morgan fingerprint density at radius 2 is 1.97 bits per heavy atom. The molecule has 0 spiro atoms. The second-order valence-electron chi connectivity index (χ2n) is 6.56. The summed E-state index contributed by atoms with van der Waals surface area (Å²) in [5.41, 5.74) is 3.89. The Morgan fingerprint density at radius 1 is 1.25 bits per heavy atom. The third-order valence-corrected chi connectivity index (χ3v) is 6.52. The van der Waals surface area contributed by atoms with Crippen molar-refractivity contribution in [3.63, 3.8) is 0 Å². The van der Waals surface area contributed by atoms with Crippen molar-refractivity contribution in [2.24, 2.45) is 5.73 Å².